The fourth-order valence-electron chi connectivity index (χ4n) is 1.38. The monoisotopic (exact) mass is 203 g/mol. The molecule has 0 bridgehead atoms. The zero-order valence-electron chi connectivity index (χ0n) is 6.78. The molecule has 1 N–H and O–H groups in total. The summed E-state index contributed by atoms with van der Waals surface area (Å²) in [5.74, 6) is -0.455. The first-order valence-corrected chi connectivity index (χ1v) is 4.35. The summed E-state index contributed by atoms with van der Waals surface area (Å²) in [4.78, 5) is 0. The Kier molecular flexibility index (Phi) is 2.00. The maximum Gasteiger partial charge on any atom is 0.162 e. The SMILES string of the molecule is Fc1ccc(Cl)c(C2(F)CNC2)c1. The molecule has 0 amide bonds. The van der Waals surface area contributed by atoms with E-state index >= 15 is 0 Å². The smallest absolute Gasteiger partial charge is 0.162 e. The van der Waals surface area contributed by atoms with Crippen LogP contribution in [0.3, 0.4) is 0 Å². The summed E-state index contributed by atoms with van der Waals surface area (Å²) < 4.78 is 26.6. The van der Waals surface area contributed by atoms with Gasteiger partial charge in [0.05, 0.1) is 0 Å². The van der Waals surface area contributed by atoms with Crippen molar-refractivity contribution in [2.45, 2.75) is 5.67 Å². The van der Waals surface area contributed by atoms with Crippen molar-refractivity contribution in [3.05, 3.63) is 34.6 Å². The van der Waals surface area contributed by atoms with Gasteiger partial charge in [-0.05, 0) is 18.2 Å². The van der Waals surface area contributed by atoms with E-state index in [0.29, 0.717) is 0 Å². The lowest BCUT2D eigenvalue weighted by Gasteiger charge is -2.35. The second kappa shape index (κ2) is 2.93. The van der Waals surface area contributed by atoms with Crippen LogP contribution >= 0.6 is 11.6 Å². The van der Waals surface area contributed by atoms with Gasteiger partial charge in [0.2, 0.25) is 0 Å². The molecule has 1 nitrogen and oxygen atoms in total. The minimum atomic E-state index is -1.49. The molecule has 0 spiro atoms. The summed E-state index contributed by atoms with van der Waals surface area (Å²) in [6, 6.07) is 3.76. The molecule has 13 heavy (non-hydrogen) atoms. The summed E-state index contributed by atoms with van der Waals surface area (Å²) in [6.07, 6.45) is 0. The molecular formula is C9H8ClF2N. The quantitative estimate of drug-likeness (QED) is 0.738. The number of benzene rings is 1. The van der Waals surface area contributed by atoms with Crippen LogP contribution in [-0.2, 0) is 5.67 Å². The van der Waals surface area contributed by atoms with Gasteiger partial charge in [-0.25, -0.2) is 8.78 Å². The van der Waals surface area contributed by atoms with E-state index in [-0.39, 0.29) is 23.7 Å². The fraction of sp³-hybridized carbons (Fsp3) is 0.333. The maximum absolute atomic E-state index is 13.8. The van der Waals surface area contributed by atoms with Crippen LogP contribution < -0.4 is 5.32 Å². The van der Waals surface area contributed by atoms with Crippen molar-refractivity contribution < 1.29 is 8.78 Å². The van der Waals surface area contributed by atoms with Gasteiger partial charge < -0.3 is 5.32 Å². The fourth-order valence-corrected chi connectivity index (χ4v) is 1.66. The Hall–Kier alpha value is -0.670. The van der Waals surface area contributed by atoms with Crippen molar-refractivity contribution >= 4 is 11.6 Å². The van der Waals surface area contributed by atoms with E-state index in [1.54, 1.807) is 0 Å². The number of hydrogen-bond donors (Lipinski definition) is 1. The van der Waals surface area contributed by atoms with Gasteiger partial charge in [0, 0.05) is 23.7 Å². The van der Waals surface area contributed by atoms with Crippen LogP contribution in [-0.4, -0.2) is 13.1 Å². The third kappa shape index (κ3) is 1.42. The number of halogens is 3. The normalized spacial score (nSPS) is 19.6. The van der Waals surface area contributed by atoms with E-state index in [0.717, 1.165) is 6.07 Å². The molecular weight excluding hydrogens is 196 g/mol. The van der Waals surface area contributed by atoms with Crippen LogP contribution in [0.1, 0.15) is 5.56 Å². The first-order chi connectivity index (χ1) is 6.12. The minimum Gasteiger partial charge on any atom is -0.310 e. The highest BCUT2D eigenvalue weighted by Gasteiger charge is 2.40. The molecule has 1 aromatic rings. The molecule has 1 aromatic carbocycles. The summed E-state index contributed by atoms with van der Waals surface area (Å²) in [6.45, 7) is 0.409. The molecule has 70 valence electrons. The van der Waals surface area contributed by atoms with Crippen LogP contribution in [0.25, 0.3) is 0 Å². The van der Waals surface area contributed by atoms with E-state index in [4.69, 9.17) is 11.6 Å². The van der Waals surface area contributed by atoms with Crippen LogP contribution in [0.15, 0.2) is 18.2 Å². The van der Waals surface area contributed by atoms with Crippen molar-refractivity contribution in [2.75, 3.05) is 13.1 Å². The third-order valence-corrected chi connectivity index (χ3v) is 2.55. The summed E-state index contributed by atoms with van der Waals surface area (Å²) in [5, 5.41) is 3.07. The maximum atomic E-state index is 13.8. The van der Waals surface area contributed by atoms with Crippen molar-refractivity contribution in [1.29, 1.82) is 0 Å². The molecule has 1 aliphatic heterocycles. The Morgan fingerprint density at radius 1 is 1.38 bits per heavy atom. The predicted molar refractivity (Wildman–Crippen MR) is 47.1 cm³/mol. The molecule has 1 saturated heterocycles. The molecule has 2 rings (SSSR count). The van der Waals surface area contributed by atoms with Gasteiger partial charge in [-0.3, -0.25) is 0 Å². The Balaban J connectivity index is 2.43. The van der Waals surface area contributed by atoms with Gasteiger partial charge in [-0.15, -0.1) is 0 Å². The molecule has 0 unspecified atom stereocenters. The molecule has 0 saturated carbocycles. The first-order valence-electron chi connectivity index (χ1n) is 3.97. The average molecular weight is 204 g/mol. The lowest BCUT2D eigenvalue weighted by molar-refractivity contribution is 0.0889. The molecule has 0 aliphatic carbocycles. The minimum absolute atomic E-state index is 0.205. The van der Waals surface area contributed by atoms with E-state index in [1.165, 1.54) is 12.1 Å². The van der Waals surface area contributed by atoms with Crippen LogP contribution in [0.4, 0.5) is 8.78 Å². The highest BCUT2D eigenvalue weighted by molar-refractivity contribution is 6.31. The standard InChI is InChI=1S/C9H8ClF2N/c10-8-2-1-6(11)3-7(8)9(12)4-13-5-9/h1-3,13H,4-5H2. The van der Waals surface area contributed by atoms with Gasteiger partial charge in [0.1, 0.15) is 5.82 Å². The second-order valence-electron chi connectivity index (χ2n) is 3.19. The lowest BCUT2D eigenvalue weighted by atomic mass is 9.90. The Bertz CT molecular complexity index is 336. The van der Waals surface area contributed by atoms with Crippen LogP contribution in [0, 0.1) is 5.82 Å². The number of nitrogens with one attached hydrogen (secondary N) is 1. The molecule has 1 fully saturated rings. The summed E-state index contributed by atoms with van der Waals surface area (Å²) in [7, 11) is 0. The zero-order valence-corrected chi connectivity index (χ0v) is 7.54. The van der Waals surface area contributed by atoms with Gasteiger partial charge in [-0.1, -0.05) is 11.6 Å². The lowest BCUT2D eigenvalue weighted by Crippen LogP contribution is -2.53. The van der Waals surface area contributed by atoms with Gasteiger partial charge in [0.15, 0.2) is 5.67 Å². The summed E-state index contributed by atoms with van der Waals surface area (Å²) >= 11 is 5.76. The molecule has 1 heterocycles. The highest BCUT2D eigenvalue weighted by Crippen LogP contribution is 2.35. The number of alkyl halides is 1. The highest BCUT2D eigenvalue weighted by atomic mass is 35.5. The van der Waals surface area contributed by atoms with E-state index in [1.807, 2.05) is 0 Å². The topological polar surface area (TPSA) is 12.0 Å². The van der Waals surface area contributed by atoms with Gasteiger partial charge in [-0.2, -0.15) is 0 Å². The molecule has 1 aliphatic rings. The van der Waals surface area contributed by atoms with E-state index in [2.05, 4.69) is 5.32 Å². The van der Waals surface area contributed by atoms with E-state index < -0.39 is 11.5 Å². The van der Waals surface area contributed by atoms with E-state index in [9.17, 15) is 8.78 Å². The third-order valence-electron chi connectivity index (χ3n) is 2.22. The van der Waals surface area contributed by atoms with Crippen molar-refractivity contribution in [2.24, 2.45) is 0 Å². The largest absolute Gasteiger partial charge is 0.310 e. The van der Waals surface area contributed by atoms with Crippen molar-refractivity contribution in [3.8, 4) is 0 Å². The Morgan fingerprint density at radius 3 is 2.62 bits per heavy atom. The zero-order chi connectivity index (χ0) is 9.47. The molecule has 0 radical (unpaired) electrons. The molecule has 0 atom stereocenters. The molecule has 4 heteroatoms. The Labute approximate surface area is 79.7 Å². The predicted octanol–water partition coefficient (Wildman–Crippen LogP) is 2.25. The number of hydrogen-bond acceptors (Lipinski definition) is 1. The first kappa shape index (κ1) is 8.91. The average Bonchev–Trinajstić information content (AvgIpc) is 2.05. The molecule has 0 aromatic heterocycles. The van der Waals surface area contributed by atoms with Crippen LogP contribution in [0.5, 0.6) is 0 Å². The van der Waals surface area contributed by atoms with Crippen molar-refractivity contribution in [1.82, 2.24) is 5.32 Å². The van der Waals surface area contributed by atoms with Gasteiger partial charge in [0.25, 0.3) is 0 Å². The number of rotatable bonds is 1. The van der Waals surface area contributed by atoms with Crippen molar-refractivity contribution in [3.63, 3.8) is 0 Å². The Morgan fingerprint density at radius 2 is 2.08 bits per heavy atom. The van der Waals surface area contributed by atoms with Crippen LogP contribution in [0.2, 0.25) is 5.02 Å². The second-order valence-corrected chi connectivity index (χ2v) is 3.60. The summed E-state index contributed by atoms with van der Waals surface area (Å²) in [5.41, 5.74) is -1.24. The van der Waals surface area contributed by atoms with Gasteiger partial charge >= 0.3 is 0 Å².